The maximum Gasteiger partial charge on any atom is 0.139 e. The Hall–Kier alpha value is -2.52. The number of benzene rings is 2. The van der Waals surface area contributed by atoms with Gasteiger partial charge >= 0.3 is 0 Å². The fraction of sp³-hybridized carbons (Fsp3) is 0.360. The molecule has 0 spiro atoms. The molecule has 0 fully saturated rings. The number of aromatic hydroxyl groups is 1. The van der Waals surface area contributed by atoms with Gasteiger partial charge in [-0.25, -0.2) is 0 Å². The summed E-state index contributed by atoms with van der Waals surface area (Å²) in [6, 6.07) is 16.7. The van der Waals surface area contributed by atoms with E-state index in [4.69, 9.17) is 0 Å². The van der Waals surface area contributed by atoms with Gasteiger partial charge in [-0.15, -0.1) is 0 Å². The van der Waals surface area contributed by atoms with E-state index in [-0.39, 0.29) is 0 Å². The summed E-state index contributed by atoms with van der Waals surface area (Å²) in [5.74, 6) is 1.12. The highest BCUT2D eigenvalue weighted by Gasteiger charge is 2.24. The van der Waals surface area contributed by atoms with Crippen LogP contribution in [0.25, 0.3) is 16.5 Å². The molecule has 144 valence electrons. The van der Waals surface area contributed by atoms with Crippen molar-refractivity contribution in [2.75, 3.05) is 19.6 Å². The summed E-state index contributed by atoms with van der Waals surface area (Å²) < 4.78 is 0. The molecule has 0 saturated carbocycles. The molecule has 3 heteroatoms. The minimum Gasteiger partial charge on any atom is -0.506 e. The molecule has 0 saturated heterocycles. The number of phenolic OH excluding ortho intramolecular Hbond substituents is 1. The number of rotatable bonds is 4. The number of H-pyrrole nitrogens is 1. The lowest BCUT2D eigenvalue weighted by molar-refractivity contribution is 0.265. The van der Waals surface area contributed by atoms with Gasteiger partial charge in [-0.3, -0.25) is 4.90 Å². The molecule has 0 bridgehead atoms. The summed E-state index contributed by atoms with van der Waals surface area (Å²) in [6.45, 7) is 3.43. The second-order valence-corrected chi connectivity index (χ2v) is 8.33. The lowest BCUT2D eigenvalue weighted by atomic mass is 9.84. The van der Waals surface area contributed by atoms with Gasteiger partial charge in [0.2, 0.25) is 0 Å². The molecule has 1 unspecified atom stereocenters. The predicted molar refractivity (Wildman–Crippen MR) is 116 cm³/mol. The number of nitrogens with one attached hydrogen (secondary N) is 1. The van der Waals surface area contributed by atoms with Gasteiger partial charge in [0.25, 0.3) is 0 Å². The zero-order valence-electron chi connectivity index (χ0n) is 16.3. The van der Waals surface area contributed by atoms with Gasteiger partial charge in [0.05, 0.1) is 5.52 Å². The Morgan fingerprint density at radius 2 is 1.93 bits per heavy atom. The smallest absolute Gasteiger partial charge is 0.139 e. The fourth-order valence-corrected chi connectivity index (χ4v) is 4.94. The highest BCUT2D eigenvalue weighted by atomic mass is 16.3. The van der Waals surface area contributed by atoms with Crippen molar-refractivity contribution in [3.8, 4) is 5.75 Å². The molecule has 2 heterocycles. The van der Waals surface area contributed by atoms with Crippen molar-refractivity contribution in [1.82, 2.24) is 9.88 Å². The largest absolute Gasteiger partial charge is 0.506 e. The quantitative estimate of drug-likeness (QED) is 0.664. The molecule has 1 aliphatic heterocycles. The summed E-state index contributed by atoms with van der Waals surface area (Å²) >= 11 is 0. The minimum atomic E-state index is 0.373. The first-order chi connectivity index (χ1) is 13.8. The van der Waals surface area contributed by atoms with Crippen LogP contribution in [0.15, 0.2) is 54.6 Å². The Morgan fingerprint density at radius 1 is 1.04 bits per heavy atom. The molecule has 3 nitrogen and oxygen atoms in total. The summed E-state index contributed by atoms with van der Waals surface area (Å²) in [7, 11) is 0. The minimum absolute atomic E-state index is 0.373. The van der Waals surface area contributed by atoms with E-state index in [1.807, 2.05) is 6.07 Å². The fourth-order valence-electron chi connectivity index (χ4n) is 4.94. The highest BCUT2D eigenvalue weighted by Crippen LogP contribution is 2.36. The molecule has 28 heavy (non-hydrogen) atoms. The molecule has 2 aliphatic rings. The molecular formula is C25H28N2O. The van der Waals surface area contributed by atoms with Crippen LogP contribution in [0.5, 0.6) is 5.75 Å². The monoisotopic (exact) mass is 372 g/mol. The van der Waals surface area contributed by atoms with Gasteiger partial charge in [-0.2, -0.15) is 0 Å². The molecule has 3 aromatic rings. The molecule has 1 atom stereocenters. The van der Waals surface area contributed by atoms with Crippen LogP contribution in [0.1, 0.15) is 36.1 Å². The average molecular weight is 373 g/mol. The Kier molecular flexibility index (Phi) is 4.69. The predicted octanol–water partition coefficient (Wildman–Crippen LogP) is 5.16. The van der Waals surface area contributed by atoms with Crippen LogP contribution in [0.3, 0.4) is 0 Å². The molecule has 1 aliphatic carbocycles. The Morgan fingerprint density at radius 3 is 2.75 bits per heavy atom. The van der Waals surface area contributed by atoms with Crippen LogP contribution in [-0.2, 0) is 12.8 Å². The van der Waals surface area contributed by atoms with Crippen LogP contribution in [0.2, 0.25) is 0 Å². The summed E-state index contributed by atoms with van der Waals surface area (Å²) in [4.78, 5) is 6.06. The van der Waals surface area contributed by atoms with Gasteiger partial charge in [-0.1, -0.05) is 48.5 Å². The number of aromatic amines is 1. The van der Waals surface area contributed by atoms with E-state index in [9.17, 15) is 5.11 Å². The highest BCUT2D eigenvalue weighted by molar-refractivity contribution is 5.89. The summed E-state index contributed by atoms with van der Waals surface area (Å²) in [6.07, 6.45) is 8.32. The van der Waals surface area contributed by atoms with Crippen molar-refractivity contribution in [3.63, 3.8) is 0 Å². The Balaban J connectivity index is 1.20. The van der Waals surface area contributed by atoms with E-state index < -0.39 is 0 Å². The van der Waals surface area contributed by atoms with E-state index >= 15 is 0 Å². The molecule has 1 aromatic heterocycles. The molecular weight excluding hydrogens is 344 g/mol. The maximum atomic E-state index is 10.1. The third-order valence-electron chi connectivity index (χ3n) is 6.59. The molecule has 2 aromatic carbocycles. The Bertz CT molecular complexity index is 1000. The first-order valence-corrected chi connectivity index (χ1v) is 10.6. The zero-order chi connectivity index (χ0) is 18.9. The number of para-hydroxylation sites is 1. The van der Waals surface area contributed by atoms with E-state index in [0.29, 0.717) is 5.75 Å². The third-order valence-corrected chi connectivity index (χ3v) is 6.59. The van der Waals surface area contributed by atoms with Crippen molar-refractivity contribution in [2.24, 2.45) is 5.92 Å². The number of aromatic nitrogens is 1. The van der Waals surface area contributed by atoms with Crippen molar-refractivity contribution in [2.45, 2.75) is 32.1 Å². The van der Waals surface area contributed by atoms with Crippen LogP contribution in [0.4, 0.5) is 0 Å². The second kappa shape index (κ2) is 7.48. The van der Waals surface area contributed by atoms with Gasteiger partial charge in [0.15, 0.2) is 0 Å². The summed E-state index contributed by atoms with van der Waals surface area (Å²) in [5.41, 5.74) is 6.57. The van der Waals surface area contributed by atoms with Crippen molar-refractivity contribution in [1.29, 1.82) is 0 Å². The lowest BCUT2D eigenvalue weighted by Crippen LogP contribution is -2.31. The van der Waals surface area contributed by atoms with Gasteiger partial charge < -0.3 is 10.1 Å². The first kappa shape index (κ1) is 17.6. The van der Waals surface area contributed by atoms with E-state index in [1.54, 1.807) is 6.07 Å². The molecule has 0 amide bonds. The molecule has 0 radical (unpaired) electrons. The SMILES string of the molecule is Oc1cccc2c3c([nH]c12)CCC(CCN1CC=C(c2ccccc2)CC1)C3. The lowest BCUT2D eigenvalue weighted by Gasteiger charge is -2.29. The van der Waals surface area contributed by atoms with Crippen molar-refractivity contribution < 1.29 is 5.11 Å². The van der Waals surface area contributed by atoms with Crippen molar-refractivity contribution >= 4 is 16.5 Å². The van der Waals surface area contributed by atoms with E-state index in [1.165, 1.54) is 53.7 Å². The van der Waals surface area contributed by atoms with E-state index in [0.717, 1.165) is 37.2 Å². The topological polar surface area (TPSA) is 39.3 Å². The number of fused-ring (bicyclic) bond motifs is 3. The second-order valence-electron chi connectivity index (χ2n) is 8.33. The molecule has 2 N–H and O–H groups in total. The number of phenols is 1. The normalized spacial score (nSPS) is 20.1. The maximum absolute atomic E-state index is 10.1. The Labute approximate surface area is 166 Å². The average Bonchev–Trinajstić information content (AvgIpc) is 3.13. The summed E-state index contributed by atoms with van der Waals surface area (Å²) in [5, 5.41) is 11.3. The van der Waals surface area contributed by atoms with Crippen LogP contribution >= 0.6 is 0 Å². The van der Waals surface area contributed by atoms with Gasteiger partial charge in [0, 0.05) is 24.2 Å². The number of hydrogen-bond donors (Lipinski definition) is 2. The van der Waals surface area contributed by atoms with Gasteiger partial charge in [-0.05, 0) is 67.3 Å². The first-order valence-electron chi connectivity index (χ1n) is 10.6. The van der Waals surface area contributed by atoms with Crippen LogP contribution < -0.4 is 0 Å². The standard InChI is InChI=1S/C25H28N2O/c28-24-8-4-7-21-22-17-18(9-10-23(22)26-25(21)24)11-14-27-15-12-20(13-16-27)19-5-2-1-3-6-19/h1-8,12,18,26,28H,9-11,13-17H2. The zero-order valence-corrected chi connectivity index (χ0v) is 16.3. The number of aryl methyl sites for hydroxylation is 1. The van der Waals surface area contributed by atoms with Crippen LogP contribution in [0, 0.1) is 5.92 Å². The number of nitrogens with zero attached hydrogens (tertiary/aromatic N) is 1. The van der Waals surface area contributed by atoms with Crippen LogP contribution in [-0.4, -0.2) is 34.6 Å². The molecule has 5 rings (SSSR count). The third kappa shape index (κ3) is 3.35. The van der Waals surface area contributed by atoms with E-state index in [2.05, 4.69) is 52.4 Å². The van der Waals surface area contributed by atoms with Gasteiger partial charge in [0.1, 0.15) is 5.75 Å². The van der Waals surface area contributed by atoms with Crippen molar-refractivity contribution in [3.05, 3.63) is 71.4 Å². The number of hydrogen-bond acceptors (Lipinski definition) is 2.